The van der Waals surface area contributed by atoms with Crippen LogP contribution in [0.1, 0.15) is 84.3 Å². The zero-order chi connectivity index (χ0) is 37.8. The van der Waals surface area contributed by atoms with Gasteiger partial charge in [-0.3, -0.25) is 4.90 Å². The molecule has 2 atom stereocenters. The number of allylic oxidation sites excluding steroid dienone is 1. The molecule has 0 saturated carbocycles. The van der Waals surface area contributed by atoms with Crippen molar-refractivity contribution in [1.82, 2.24) is 4.90 Å². The highest BCUT2D eigenvalue weighted by Gasteiger charge is 2.44. The van der Waals surface area contributed by atoms with Crippen molar-refractivity contribution in [3.63, 3.8) is 0 Å². The molecular formula is C36H31F10NO4. The summed E-state index contributed by atoms with van der Waals surface area (Å²) in [5.41, 5.74) is -4.85. The SMILES string of the molecule is COC(=O)c1ccc(-c2cc(F)cc(C3=C(CN4C(=O)OC(c5cc(C(F)(F)F)cc(C(F)(F)F)c5)[C@@H]4C)CC(C)(C)CC3)c2)c(C(F)(F)F)c1. The average Bonchev–Trinajstić information content (AvgIpc) is 3.30. The van der Waals surface area contributed by atoms with Gasteiger partial charge in [0.2, 0.25) is 0 Å². The first-order valence-corrected chi connectivity index (χ1v) is 15.6. The number of carbonyl (C=O) groups excluding carboxylic acids is 2. The third kappa shape index (κ3) is 8.01. The van der Waals surface area contributed by atoms with Gasteiger partial charge in [0.25, 0.3) is 0 Å². The standard InChI is InChI=1S/C36H31F10NO4/c1-18-30(22-10-24(34(38,39)40)15-25(11-22)35(41,42)43)51-32(49)47(18)17-23-16-33(2,3)8-7-27(23)20-9-21(13-26(37)12-20)28-6-5-19(31(48)50-4)14-29(28)36(44,45)46/h5-6,9-15,18,30H,7-8,16-17H2,1-4H3/t18-,30?/m0/s1. The van der Waals surface area contributed by atoms with E-state index in [4.69, 9.17) is 4.74 Å². The van der Waals surface area contributed by atoms with Crippen molar-refractivity contribution in [2.45, 2.75) is 70.7 Å². The van der Waals surface area contributed by atoms with E-state index in [0.29, 0.717) is 48.6 Å². The number of hydrogen-bond acceptors (Lipinski definition) is 4. The van der Waals surface area contributed by atoms with Crippen LogP contribution in [0, 0.1) is 11.2 Å². The number of hydrogen-bond donors (Lipinski definition) is 0. The van der Waals surface area contributed by atoms with E-state index < -0.39 is 76.4 Å². The first kappa shape index (κ1) is 37.7. The second-order valence-electron chi connectivity index (χ2n) is 13.4. The number of methoxy groups -OCH3 is 1. The zero-order valence-electron chi connectivity index (χ0n) is 27.5. The lowest BCUT2D eigenvalue weighted by atomic mass is 9.72. The van der Waals surface area contributed by atoms with Gasteiger partial charge in [-0.15, -0.1) is 0 Å². The molecule has 5 nitrogen and oxygen atoms in total. The molecule has 2 aliphatic rings. The van der Waals surface area contributed by atoms with Gasteiger partial charge in [-0.25, -0.2) is 14.0 Å². The van der Waals surface area contributed by atoms with E-state index in [1.54, 1.807) is 0 Å². The Labute approximate surface area is 285 Å². The molecule has 0 bridgehead atoms. The Morgan fingerprint density at radius 3 is 2.06 bits per heavy atom. The van der Waals surface area contributed by atoms with Crippen molar-refractivity contribution in [3.8, 4) is 11.1 Å². The molecule has 1 amide bonds. The van der Waals surface area contributed by atoms with Gasteiger partial charge in [-0.05, 0) is 114 Å². The van der Waals surface area contributed by atoms with E-state index in [-0.39, 0.29) is 34.7 Å². The molecule has 1 unspecified atom stereocenters. The largest absolute Gasteiger partial charge is 0.465 e. The molecule has 274 valence electrons. The molecule has 0 radical (unpaired) electrons. The number of cyclic esters (lactones) is 1. The van der Waals surface area contributed by atoms with E-state index in [1.807, 2.05) is 13.8 Å². The third-order valence-electron chi connectivity index (χ3n) is 9.17. The minimum atomic E-state index is -5.12. The van der Waals surface area contributed by atoms with Crippen molar-refractivity contribution in [1.29, 1.82) is 0 Å². The Morgan fingerprint density at radius 2 is 1.49 bits per heavy atom. The quantitative estimate of drug-likeness (QED) is 0.187. The molecule has 0 N–H and O–H groups in total. The fourth-order valence-electron chi connectivity index (χ4n) is 6.62. The maximum atomic E-state index is 15.2. The van der Waals surface area contributed by atoms with Crippen LogP contribution in [-0.2, 0) is 28.0 Å². The molecule has 5 rings (SSSR count). The first-order valence-electron chi connectivity index (χ1n) is 15.6. The smallest absolute Gasteiger partial charge is 0.417 e. The van der Waals surface area contributed by atoms with Crippen LogP contribution < -0.4 is 0 Å². The van der Waals surface area contributed by atoms with Crippen LogP contribution >= 0.6 is 0 Å². The highest BCUT2D eigenvalue weighted by atomic mass is 19.4. The summed E-state index contributed by atoms with van der Waals surface area (Å²) in [6, 6.07) is 6.09. The van der Waals surface area contributed by atoms with Crippen LogP contribution in [0.15, 0.2) is 60.2 Å². The molecule has 1 saturated heterocycles. The minimum absolute atomic E-state index is 0.0255. The van der Waals surface area contributed by atoms with Crippen LogP contribution in [0.4, 0.5) is 48.7 Å². The van der Waals surface area contributed by atoms with E-state index in [1.165, 1.54) is 13.0 Å². The molecule has 51 heavy (non-hydrogen) atoms. The van der Waals surface area contributed by atoms with Gasteiger partial charge in [-0.2, -0.15) is 39.5 Å². The predicted molar refractivity (Wildman–Crippen MR) is 165 cm³/mol. The lowest BCUT2D eigenvalue weighted by Gasteiger charge is -2.35. The number of esters is 1. The first-order chi connectivity index (χ1) is 23.5. The van der Waals surface area contributed by atoms with Crippen LogP contribution in [-0.4, -0.2) is 36.7 Å². The minimum Gasteiger partial charge on any atom is -0.465 e. The third-order valence-corrected chi connectivity index (χ3v) is 9.17. The van der Waals surface area contributed by atoms with Crippen LogP contribution in [0.3, 0.4) is 0 Å². The Kier molecular flexibility index (Phi) is 9.76. The number of alkyl halides is 9. The fourth-order valence-corrected chi connectivity index (χ4v) is 6.62. The molecule has 0 spiro atoms. The number of carbonyl (C=O) groups is 2. The molecule has 1 heterocycles. The Hall–Kier alpha value is -4.56. The van der Waals surface area contributed by atoms with Gasteiger partial charge >= 0.3 is 30.6 Å². The van der Waals surface area contributed by atoms with Crippen molar-refractivity contribution in [2.75, 3.05) is 13.7 Å². The van der Waals surface area contributed by atoms with Gasteiger partial charge in [-0.1, -0.05) is 19.9 Å². The molecule has 1 aliphatic heterocycles. The second kappa shape index (κ2) is 13.2. The second-order valence-corrected chi connectivity index (χ2v) is 13.4. The van der Waals surface area contributed by atoms with Crippen LogP contribution in [0.2, 0.25) is 0 Å². The summed E-state index contributed by atoms with van der Waals surface area (Å²) in [6.07, 6.45) is -16.5. The summed E-state index contributed by atoms with van der Waals surface area (Å²) in [6.45, 7) is 5.06. The number of halogens is 10. The van der Waals surface area contributed by atoms with E-state index in [0.717, 1.165) is 36.3 Å². The summed E-state index contributed by atoms with van der Waals surface area (Å²) in [5, 5.41) is 0. The highest BCUT2D eigenvalue weighted by molar-refractivity contribution is 5.91. The Balaban J connectivity index is 1.56. The lowest BCUT2D eigenvalue weighted by Crippen LogP contribution is -2.35. The summed E-state index contributed by atoms with van der Waals surface area (Å²) in [4.78, 5) is 26.3. The van der Waals surface area contributed by atoms with Crippen LogP contribution in [0.25, 0.3) is 16.7 Å². The number of nitrogens with zero attached hydrogens (tertiary/aromatic N) is 1. The molecular weight excluding hydrogens is 700 g/mol. The predicted octanol–water partition coefficient (Wildman–Crippen LogP) is 10.9. The normalized spacial score (nSPS) is 19.7. The molecule has 3 aromatic rings. The Bertz CT molecular complexity index is 1860. The topological polar surface area (TPSA) is 55.8 Å². The average molecular weight is 732 g/mol. The molecule has 0 aromatic heterocycles. The van der Waals surface area contributed by atoms with Crippen molar-refractivity contribution < 1.29 is 63.0 Å². The summed E-state index contributed by atoms with van der Waals surface area (Å²) < 4.78 is 149. The number of amides is 1. The Morgan fingerprint density at radius 1 is 0.882 bits per heavy atom. The summed E-state index contributed by atoms with van der Waals surface area (Å²) in [5.74, 6) is -1.87. The number of ether oxygens (including phenoxy) is 2. The van der Waals surface area contributed by atoms with Gasteiger partial charge in [0.15, 0.2) is 0 Å². The highest BCUT2D eigenvalue weighted by Crippen LogP contribution is 2.46. The van der Waals surface area contributed by atoms with Crippen molar-refractivity contribution in [2.24, 2.45) is 5.41 Å². The van der Waals surface area contributed by atoms with E-state index in [2.05, 4.69) is 4.74 Å². The summed E-state index contributed by atoms with van der Waals surface area (Å²) >= 11 is 0. The van der Waals surface area contributed by atoms with Crippen molar-refractivity contribution >= 4 is 17.6 Å². The monoisotopic (exact) mass is 731 g/mol. The van der Waals surface area contributed by atoms with Gasteiger partial charge in [0, 0.05) is 6.54 Å². The fraction of sp³-hybridized carbons (Fsp3) is 0.389. The van der Waals surface area contributed by atoms with Gasteiger partial charge in [0.1, 0.15) is 11.9 Å². The lowest BCUT2D eigenvalue weighted by molar-refractivity contribution is -0.143. The maximum absolute atomic E-state index is 15.2. The molecule has 3 aromatic carbocycles. The zero-order valence-corrected chi connectivity index (χ0v) is 27.5. The molecule has 1 fully saturated rings. The van der Waals surface area contributed by atoms with Crippen LogP contribution in [0.5, 0.6) is 0 Å². The van der Waals surface area contributed by atoms with Crippen molar-refractivity contribution in [3.05, 3.63) is 99.4 Å². The molecule has 15 heteroatoms. The summed E-state index contributed by atoms with van der Waals surface area (Å²) in [7, 11) is 1.01. The van der Waals surface area contributed by atoms with Gasteiger partial charge in [0.05, 0.1) is 35.4 Å². The van der Waals surface area contributed by atoms with E-state index in [9.17, 15) is 49.1 Å². The van der Waals surface area contributed by atoms with E-state index >= 15 is 4.39 Å². The number of benzene rings is 3. The number of rotatable bonds is 6. The maximum Gasteiger partial charge on any atom is 0.417 e. The van der Waals surface area contributed by atoms with Gasteiger partial charge < -0.3 is 9.47 Å². The molecule has 1 aliphatic carbocycles.